The molecule has 32 heavy (non-hydrogen) atoms. The number of thioether (sulfide) groups is 1. The number of carbonyl (C=O) groups excluding carboxylic acids is 1. The molecule has 0 aliphatic heterocycles. The van der Waals surface area contributed by atoms with Crippen LogP contribution >= 0.6 is 46.9 Å². The average molecular weight is 507 g/mol. The van der Waals surface area contributed by atoms with Crippen LogP contribution in [0.3, 0.4) is 0 Å². The van der Waals surface area contributed by atoms with Gasteiger partial charge in [0.15, 0.2) is 14.8 Å². The van der Waals surface area contributed by atoms with Gasteiger partial charge in [-0.15, -0.1) is 0 Å². The van der Waals surface area contributed by atoms with E-state index < -0.39 is 5.82 Å². The monoisotopic (exact) mass is 506 g/mol. The van der Waals surface area contributed by atoms with Crippen molar-refractivity contribution in [2.24, 2.45) is 7.05 Å². The van der Waals surface area contributed by atoms with Crippen LogP contribution in [-0.2, 0) is 11.8 Å². The van der Waals surface area contributed by atoms with Gasteiger partial charge in [-0.1, -0.05) is 52.4 Å². The topological polar surface area (TPSA) is 68.9 Å². The third kappa shape index (κ3) is 4.49. The predicted molar refractivity (Wildman–Crippen MR) is 131 cm³/mol. The Bertz CT molecular complexity index is 1460. The Morgan fingerprint density at radius 1 is 1.28 bits per heavy atom. The molecule has 0 radical (unpaired) electrons. The number of aromatic nitrogens is 3. The fourth-order valence-corrected chi connectivity index (χ4v) is 5.26. The van der Waals surface area contributed by atoms with Crippen molar-refractivity contribution in [1.29, 1.82) is 0 Å². The zero-order chi connectivity index (χ0) is 23.0. The van der Waals surface area contributed by atoms with Crippen molar-refractivity contribution >= 4 is 68.9 Å². The van der Waals surface area contributed by atoms with Gasteiger partial charge >= 0.3 is 0 Å². The Kier molecular flexibility index (Phi) is 6.47. The molecule has 0 saturated heterocycles. The molecule has 0 atom stereocenters. The van der Waals surface area contributed by atoms with Gasteiger partial charge in [-0.25, -0.2) is 9.37 Å². The minimum absolute atomic E-state index is 0.00379. The SMILES string of the molecule is Cc1ccc(-n2c(=S)sc3c(=O)n(C)c(SCC(=O)Nc4ccc(F)c(Cl)c4)nc32)cc1. The van der Waals surface area contributed by atoms with Crippen LogP contribution in [0.15, 0.2) is 52.4 Å². The number of carbonyl (C=O) groups is 1. The van der Waals surface area contributed by atoms with Gasteiger partial charge in [0.05, 0.1) is 10.8 Å². The molecule has 1 amide bonds. The van der Waals surface area contributed by atoms with Gasteiger partial charge in [-0.3, -0.25) is 18.7 Å². The molecule has 2 heterocycles. The lowest BCUT2D eigenvalue weighted by Crippen LogP contribution is -2.21. The fourth-order valence-electron chi connectivity index (χ4n) is 2.96. The zero-order valence-corrected chi connectivity index (χ0v) is 20.1. The number of fused-ring (bicyclic) bond motifs is 1. The maximum atomic E-state index is 13.3. The average Bonchev–Trinajstić information content (AvgIpc) is 3.09. The number of nitrogens with one attached hydrogen (secondary N) is 1. The van der Waals surface area contributed by atoms with E-state index in [-0.39, 0.29) is 22.2 Å². The third-order valence-electron chi connectivity index (χ3n) is 4.60. The van der Waals surface area contributed by atoms with Crippen molar-refractivity contribution in [3.8, 4) is 5.69 Å². The normalized spacial score (nSPS) is 11.1. The molecule has 1 N–H and O–H groups in total. The molecule has 164 valence electrons. The second-order valence-electron chi connectivity index (χ2n) is 6.92. The molecule has 0 spiro atoms. The number of thiazole rings is 1. The second kappa shape index (κ2) is 9.14. The highest BCUT2D eigenvalue weighted by atomic mass is 35.5. The highest BCUT2D eigenvalue weighted by Crippen LogP contribution is 2.26. The van der Waals surface area contributed by atoms with Gasteiger partial charge in [0, 0.05) is 18.4 Å². The first-order chi connectivity index (χ1) is 15.2. The van der Waals surface area contributed by atoms with Crippen molar-refractivity contribution < 1.29 is 9.18 Å². The van der Waals surface area contributed by atoms with Crippen LogP contribution in [0.5, 0.6) is 0 Å². The Morgan fingerprint density at radius 2 is 2.00 bits per heavy atom. The van der Waals surface area contributed by atoms with Crippen molar-refractivity contribution in [2.75, 3.05) is 11.1 Å². The molecule has 2 aromatic heterocycles. The number of halogens is 2. The van der Waals surface area contributed by atoms with Crippen molar-refractivity contribution in [3.05, 3.63) is 73.2 Å². The number of hydrogen-bond acceptors (Lipinski definition) is 6. The lowest BCUT2D eigenvalue weighted by atomic mass is 10.2. The second-order valence-corrected chi connectivity index (χ2v) is 9.91. The first-order valence-corrected chi connectivity index (χ1v) is 11.9. The molecular weight excluding hydrogens is 491 g/mol. The summed E-state index contributed by atoms with van der Waals surface area (Å²) in [5, 5.41) is 2.95. The predicted octanol–water partition coefficient (Wildman–Crippen LogP) is 5.35. The summed E-state index contributed by atoms with van der Waals surface area (Å²) < 4.78 is 17.4. The van der Waals surface area contributed by atoms with Crippen LogP contribution in [0.4, 0.5) is 10.1 Å². The zero-order valence-electron chi connectivity index (χ0n) is 16.9. The Balaban J connectivity index is 1.63. The van der Waals surface area contributed by atoms with Crippen LogP contribution in [0.1, 0.15) is 5.56 Å². The van der Waals surface area contributed by atoms with Gasteiger partial charge in [0.2, 0.25) is 5.91 Å². The number of nitrogens with zero attached hydrogens (tertiary/aromatic N) is 3. The molecule has 0 saturated carbocycles. The third-order valence-corrected chi connectivity index (χ3v) is 7.27. The number of amides is 1. The molecule has 2 aromatic carbocycles. The van der Waals surface area contributed by atoms with Gasteiger partial charge in [0.25, 0.3) is 5.56 Å². The lowest BCUT2D eigenvalue weighted by molar-refractivity contribution is -0.113. The minimum atomic E-state index is -0.565. The molecule has 0 fully saturated rings. The van der Waals surface area contributed by atoms with Crippen LogP contribution < -0.4 is 10.9 Å². The molecule has 0 aliphatic carbocycles. The molecule has 4 aromatic rings. The minimum Gasteiger partial charge on any atom is -0.325 e. The fraction of sp³-hybridized carbons (Fsp3) is 0.143. The van der Waals surface area contributed by atoms with E-state index in [0.29, 0.717) is 25.1 Å². The number of rotatable bonds is 5. The number of aryl methyl sites for hydroxylation is 1. The first kappa shape index (κ1) is 22.7. The van der Waals surface area contributed by atoms with Gasteiger partial charge in [0.1, 0.15) is 10.5 Å². The molecule has 6 nitrogen and oxygen atoms in total. The summed E-state index contributed by atoms with van der Waals surface area (Å²) in [5.74, 6) is -0.908. The Hall–Kier alpha value is -2.53. The molecule has 11 heteroatoms. The summed E-state index contributed by atoms with van der Waals surface area (Å²) in [5.41, 5.74) is 2.53. The van der Waals surface area contributed by atoms with Crippen molar-refractivity contribution in [1.82, 2.24) is 14.1 Å². The van der Waals surface area contributed by atoms with Crippen LogP contribution in [0.2, 0.25) is 5.02 Å². The van der Waals surface area contributed by atoms with Gasteiger partial charge < -0.3 is 5.32 Å². The lowest BCUT2D eigenvalue weighted by Gasteiger charge is -2.10. The molecule has 0 aliphatic rings. The number of anilines is 1. The Morgan fingerprint density at radius 3 is 2.69 bits per heavy atom. The smallest absolute Gasteiger partial charge is 0.273 e. The molecule has 0 unspecified atom stereocenters. The summed E-state index contributed by atoms with van der Waals surface area (Å²) >= 11 is 13.6. The van der Waals surface area contributed by atoms with Gasteiger partial charge in [-0.05, 0) is 49.5 Å². The van der Waals surface area contributed by atoms with E-state index in [2.05, 4.69) is 10.3 Å². The molecule has 0 bridgehead atoms. The Labute approximate surface area is 200 Å². The van der Waals surface area contributed by atoms with E-state index in [1.165, 1.54) is 34.1 Å². The van der Waals surface area contributed by atoms with E-state index in [9.17, 15) is 14.0 Å². The summed E-state index contributed by atoms with van der Waals surface area (Å²) in [6.07, 6.45) is 0. The van der Waals surface area contributed by atoms with E-state index >= 15 is 0 Å². The first-order valence-electron chi connectivity index (χ1n) is 9.32. The summed E-state index contributed by atoms with van der Waals surface area (Å²) in [6.45, 7) is 1.99. The summed E-state index contributed by atoms with van der Waals surface area (Å²) in [6, 6.07) is 11.7. The van der Waals surface area contributed by atoms with Crippen LogP contribution in [0, 0.1) is 16.7 Å². The van der Waals surface area contributed by atoms with E-state index in [1.54, 1.807) is 11.6 Å². The summed E-state index contributed by atoms with van der Waals surface area (Å²) in [4.78, 5) is 29.9. The summed E-state index contributed by atoms with van der Waals surface area (Å²) in [7, 11) is 1.60. The van der Waals surface area contributed by atoms with E-state index in [1.807, 2.05) is 31.2 Å². The van der Waals surface area contributed by atoms with Crippen molar-refractivity contribution in [3.63, 3.8) is 0 Å². The molecule has 4 rings (SSSR count). The molecular formula is C21H16ClFN4O2S3. The largest absolute Gasteiger partial charge is 0.325 e. The van der Waals surface area contributed by atoms with Crippen LogP contribution in [-0.4, -0.2) is 25.8 Å². The van der Waals surface area contributed by atoms with E-state index in [4.69, 9.17) is 23.8 Å². The van der Waals surface area contributed by atoms with Crippen LogP contribution in [0.25, 0.3) is 16.0 Å². The van der Waals surface area contributed by atoms with Crippen molar-refractivity contribution in [2.45, 2.75) is 12.1 Å². The highest BCUT2D eigenvalue weighted by molar-refractivity contribution is 7.99. The number of hydrogen-bond donors (Lipinski definition) is 1. The van der Waals surface area contributed by atoms with E-state index in [0.717, 1.165) is 23.0 Å². The standard InChI is InChI=1S/C21H16ClFN4O2S3/c1-11-3-6-13(7-4-11)27-18-17(32-21(27)30)19(29)26(2)20(25-18)31-10-16(28)24-12-5-8-15(23)14(22)9-12/h3-9H,10H2,1-2H3,(H,24,28). The number of benzene rings is 2. The highest BCUT2D eigenvalue weighted by Gasteiger charge is 2.17. The quantitative estimate of drug-likeness (QED) is 0.224. The maximum absolute atomic E-state index is 13.3. The maximum Gasteiger partial charge on any atom is 0.273 e. The van der Waals surface area contributed by atoms with Gasteiger partial charge in [-0.2, -0.15) is 0 Å².